The Morgan fingerprint density at radius 2 is 1.89 bits per heavy atom. The number of carbonyl (C=O) groups is 2. The number of aromatic nitrogens is 2. The molecule has 1 atom stereocenters. The minimum atomic E-state index is -0.828. The maximum atomic E-state index is 11.9. The molecule has 0 saturated carbocycles. The topological polar surface area (TPSA) is 73.2 Å². The summed E-state index contributed by atoms with van der Waals surface area (Å²) in [5.41, 5.74) is 0. The summed E-state index contributed by atoms with van der Waals surface area (Å²) in [5.74, 6) is -0.416. The van der Waals surface area contributed by atoms with Crippen molar-refractivity contribution < 1.29 is 14.3 Å². The van der Waals surface area contributed by atoms with Crippen molar-refractivity contribution in [1.82, 2.24) is 9.78 Å². The summed E-state index contributed by atoms with van der Waals surface area (Å²) in [7, 11) is 0. The molecule has 0 unspecified atom stereocenters. The third kappa shape index (κ3) is 4.08. The largest absolute Gasteiger partial charge is 0.452 e. The van der Waals surface area contributed by atoms with Crippen LogP contribution in [0.15, 0.2) is 12.3 Å². The van der Waals surface area contributed by atoms with Crippen LogP contribution in [0.25, 0.3) is 0 Å². The van der Waals surface area contributed by atoms with Gasteiger partial charge in [0.2, 0.25) is 0 Å². The lowest BCUT2D eigenvalue weighted by Crippen LogP contribution is -2.32. The number of carbonyl (C=O) groups excluding carboxylic acids is 2. The lowest BCUT2D eigenvalue weighted by atomic mass is 10.2. The smallest absolute Gasteiger partial charge is 0.309 e. The molecule has 19 heavy (non-hydrogen) atoms. The van der Waals surface area contributed by atoms with Crippen LogP contribution < -0.4 is 5.32 Å². The van der Waals surface area contributed by atoms with Gasteiger partial charge in [0.25, 0.3) is 5.91 Å². The normalized spacial score (nSPS) is 12.6. The molecule has 6 heteroatoms. The maximum absolute atomic E-state index is 11.9. The molecule has 0 saturated heterocycles. The van der Waals surface area contributed by atoms with Crippen LogP contribution in [0.5, 0.6) is 0 Å². The molecule has 1 aromatic rings. The first-order chi connectivity index (χ1) is 8.82. The lowest BCUT2D eigenvalue weighted by Gasteiger charge is -2.16. The van der Waals surface area contributed by atoms with Crippen molar-refractivity contribution in [3.63, 3.8) is 0 Å². The van der Waals surface area contributed by atoms with E-state index in [1.807, 2.05) is 13.8 Å². The summed E-state index contributed by atoms with van der Waals surface area (Å²) in [4.78, 5) is 23.3. The van der Waals surface area contributed by atoms with Gasteiger partial charge < -0.3 is 10.1 Å². The van der Waals surface area contributed by atoms with E-state index in [0.29, 0.717) is 5.82 Å². The van der Waals surface area contributed by atoms with Crippen LogP contribution in [-0.4, -0.2) is 27.8 Å². The second-order valence-corrected chi connectivity index (χ2v) is 4.98. The molecule has 0 spiro atoms. The van der Waals surface area contributed by atoms with Crippen LogP contribution in [0.1, 0.15) is 40.7 Å². The van der Waals surface area contributed by atoms with Gasteiger partial charge in [0.15, 0.2) is 6.10 Å². The van der Waals surface area contributed by atoms with E-state index in [0.717, 1.165) is 0 Å². The molecular formula is C13H21N3O3. The molecule has 1 aromatic heterocycles. The fourth-order valence-electron chi connectivity index (χ4n) is 1.42. The van der Waals surface area contributed by atoms with Gasteiger partial charge in [0, 0.05) is 12.1 Å². The third-order valence-corrected chi connectivity index (χ3v) is 2.54. The van der Waals surface area contributed by atoms with E-state index >= 15 is 0 Å². The number of hydrogen-bond acceptors (Lipinski definition) is 4. The van der Waals surface area contributed by atoms with Crippen molar-refractivity contribution in [2.75, 3.05) is 5.32 Å². The summed E-state index contributed by atoms with van der Waals surface area (Å²) in [5, 5.41) is 6.81. The number of esters is 1. The van der Waals surface area contributed by atoms with Crippen molar-refractivity contribution in [2.45, 2.75) is 46.8 Å². The van der Waals surface area contributed by atoms with E-state index in [1.54, 1.807) is 37.7 Å². The summed E-state index contributed by atoms with van der Waals surface area (Å²) in [6, 6.07) is 1.84. The number of hydrogen-bond donors (Lipinski definition) is 1. The Morgan fingerprint density at radius 3 is 2.42 bits per heavy atom. The van der Waals surface area contributed by atoms with E-state index in [1.165, 1.54) is 0 Å². The SMILES string of the molecule is CC(C)C(=O)O[C@H](C)C(=O)Nc1ccnn1C(C)C. The fourth-order valence-corrected chi connectivity index (χ4v) is 1.42. The molecule has 0 aliphatic rings. The second-order valence-electron chi connectivity index (χ2n) is 4.98. The Balaban J connectivity index is 2.64. The van der Waals surface area contributed by atoms with Crippen LogP contribution in [-0.2, 0) is 14.3 Å². The first-order valence-electron chi connectivity index (χ1n) is 6.37. The van der Waals surface area contributed by atoms with Gasteiger partial charge >= 0.3 is 5.97 Å². The Labute approximate surface area is 113 Å². The van der Waals surface area contributed by atoms with E-state index < -0.39 is 6.10 Å². The number of anilines is 1. The van der Waals surface area contributed by atoms with Gasteiger partial charge in [-0.05, 0) is 20.8 Å². The quantitative estimate of drug-likeness (QED) is 0.828. The van der Waals surface area contributed by atoms with Gasteiger partial charge in [-0.2, -0.15) is 5.10 Å². The van der Waals surface area contributed by atoms with Crippen LogP contribution in [0.2, 0.25) is 0 Å². The Morgan fingerprint density at radius 1 is 1.26 bits per heavy atom. The monoisotopic (exact) mass is 267 g/mol. The number of nitrogens with zero attached hydrogens (tertiary/aromatic N) is 2. The number of nitrogens with one attached hydrogen (secondary N) is 1. The molecule has 1 rings (SSSR count). The van der Waals surface area contributed by atoms with Crippen molar-refractivity contribution in [2.24, 2.45) is 5.92 Å². The minimum absolute atomic E-state index is 0.138. The highest BCUT2D eigenvalue weighted by atomic mass is 16.5. The Hall–Kier alpha value is -1.85. The Kier molecular flexibility index (Phi) is 5.09. The predicted molar refractivity (Wildman–Crippen MR) is 71.6 cm³/mol. The first kappa shape index (κ1) is 15.2. The van der Waals surface area contributed by atoms with Crippen molar-refractivity contribution >= 4 is 17.7 Å². The van der Waals surface area contributed by atoms with E-state index in [9.17, 15) is 9.59 Å². The highest BCUT2D eigenvalue weighted by Crippen LogP contribution is 2.13. The predicted octanol–water partition coefficient (Wildman–Crippen LogP) is 1.99. The van der Waals surface area contributed by atoms with Crippen LogP contribution in [0.4, 0.5) is 5.82 Å². The van der Waals surface area contributed by atoms with Crippen LogP contribution in [0, 0.1) is 5.92 Å². The average Bonchev–Trinajstić information content (AvgIpc) is 2.76. The molecule has 0 aliphatic heterocycles. The first-order valence-corrected chi connectivity index (χ1v) is 6.37. The molecule has 0 aliphatic carbocycles. The number of rotatable bonds is 5. The average molecular weight is 267 g/mol. The molecule has 1 heterocycles. The van der Waals surface area contributed by atoms with Crippen molar-refractivity contribution in [1.29, 1.82) is 0 Å². The van der Waals surface area contributed by atoms with Gasteiger partial charge in [-0.3, -0.25) is 9.59 Å². The van der Waals surface area contributed by atoms with Gasteiger partial charge in [0.1, 0.15) is 5.82 Å². The van der Waals surface area contributed by atoms with Gasteiger partial charge in [-0.25, -0.2) is 4.68 Å². The molecule has 0 fully saturated rings. The Bertz CT molecular complexity index is 452. The maximum Gasteiger partial charge on any atom is 0.309 e. The zero-order chi connectivity index (χ0) is 14.6. The molecule has 0 aromatic carbocycles. The standard InChI is InChI=1S/C13H21N3O3/c1-8(2)13(18)19-10(5)12(17)15-11-6-7-14-16(11)9(3)4/h6-10H,1-5H3,(H,15,17)/t10-/m1/s1. The summed E-state index contributed by atoms with van der Waals surface area (Å²) in [6.45, 7) is 8.92. The van der Waals surface area contributed by atoms with Crippen molar-refractivity contribution in [3.8, 4) is 0 Å². The van der Waals surface area contributed by atoms with E-state index in [2.05, 4.69) is 10.4 Å². The van der Waals surface area contributed by atoms with Gasteiger partial charge in [-0.15, -0.1) is 0 Å². The highest BCUT2D eigenvalue weighted by Gasteiger charge is 2.20. The second kappa shape index (κ2) is 6.36. The lowest BCUT2D eigenvalue weighted by molar-refractivity contribution is -0.156. The van der Waals surface area contributed by atoms with Crippen molar-refractivity contribution in [3.05, 3.63) is 12.3 Å². The number of ether oxygens (including phenoxy) is 1. The molecule has 0 bridgehead atoms. The van der Waals surface area contributed by atoms with E-state index in [4.69, 9.17) is 4.74 Å². The molecule has 0 radical (unpaired) electrons. The summed E-state index contributed by atoms with van der Waals surface area (Å²) >= 11 is 0. The fraction of sp³-hybridized carbons (Fsp3) is 0.615. The minimum Gasteiger partial charge on any atom is -0.452 e. The number of amides is 1. The molecule has 1 amide bonds. The van der Waals surface area contributed by atoms with Crippen LogP contribution >= 0.6 is 0 Å². The van der Waals surface area contributed by atoms with Crippen LogP contribution in [0.3, 0.4) is 0 Å². The van der Waals surface area contributed by atoms with Gasteiger partial charge in [0.05, 0.1) is 12.1 Å². The summed E-state index contributed by atoms with van der Waals surface area (Å²) < 4.78 is 6.73. The third-order valence-electron chi connectivity index (χ3n) is 2.54. The molecular weight excluding hydrogens is 246 g/mol. The molecule has 106 valence electrons. The summed E-state index contributed by atoms with van der Waals surface area (Å²) in [6.07, 6.45) is 0.783. The molecule has 6 nitrogen and oxygen atoms in total. The zero-order valence-electron chi connectivity index (χ0n) is 12.0. The molecule has 1 N–H and O–H groups in total. The highest BCUT2D eigenvalue weighted by molar-refractivity contribution is 5.94. The van der Waals surface area contributed by atoms with Gasteiger partial charge in [-0.1, -0.05) is 13.8 Å². The zero-order valence-corrected chi connectivity index (χ0v) is 12.0. The van der Waals surface area contributed by atoms with E-state index in [-0.39, 0.29) is 23.8 Å².